The first-order chi connectivity index (χ1) is 6.07. The maximum atomic E-state index is 11.3. The van der Waals surface area contributed by atoms with Crippen molar-refractivity contribution in [2.45, 2.75) is 19.8 Å². The fourth-order valence-electron chi connectivity index (χ4n) is 1.25. The number of rotatable bonds is 2. The SMILES string of the molecule is COC(=O)c1[nH]cc(Br)c1C(C)C. The Bertz CT molecular complexity index is 317. The third-order valence-corrected chi connectivity index (χ3v) is 2.49. The number of aromatic amines is 1. The van der Waals surface area contributed by atoms with E-state index in [1.54, 1.807) is 6.20 Å². The van der Waals surface area contributed by atoms with E-state index in [0.29, 0.717) is 5.69 Å². The first-order valence-corrected chi connectivity index (χ1v) is 4.82. The highest BCUT2D eigenvalue weighted by Crippen LogP contribution is 2.28. The van der Waals surface area contributed by atoms with Gasteiger partial charge in [0.25, 0.3) is 0 Å². The standard InChI is InChI=1S/C9H12BrNO2/c1-5(2)7-6(10)4-11-8(7)9(12)13-3/h4-5,11H,1-3H3. The summed E-state index contributed by atoms with van der Waals surface area (Å²) in [5.74, 6) is -0.0378. The molecule has 3 nitrogen and oxygen atoms in total. The van der Waals surface area contributed by atoms with Crippen LogP contribution in [-0.4, -0.2) is 18.1 Å². The minimum Gasteiger partial charge on any atom is -0.464 e. The zero-order chi connectivity index (χ0) is 10.0. The highest BCUT2D eigenvalue weighted by Gasteiger charge is 2.18. The van der Waals surface area contributed by atoms with E-state index >= 15 is 0 Å². The number of carbonyl (C=O) groups excluding carboxylic acids is 1. The van der Waals surface area contributed by atoms with Crippen LogP contribution in [0.5, 0.6) is 0 Å². The second kappa shape index (κ2) is 3.96. The van der Waals surface area contributed by atoms with Gasteiger partial charge in [-0.2, -0.15) is 0 Å². The Kier molecular flexibility index (Phi) is 3.14. The van der Waals surface area contributed by atoms with Crippen molar-refractivity contribution in [2.75, 3.05) is 7.11 Å². The topological polar surface area (TPSA) is 42.1 Å². The molecule has 1 N–H and O–H groups in total. The number of methoxy groups -OCH3 is 1. The summed E-state index contributed by atoms with van der Waals surface area (Å²) in [6.07, 6.45) is 1.75. The molecule has 4 heteroatoms. The van der Waals surface area contributed by atoms with Crippen LogP contribution >= 0.6 is 15.9 Å². The van der Waals surface area contributed by atoms with Gasteiger partial charge in [-0.25, -0.2) is 4.79 Å². The lowest BCUT2D eigenvalue weighted by atomic mass is 10.0. The molecule has 0 aliphatic carbocycles. The monoisotopic (exact) mass is 245 g/mol. The Morgan fingerprint density at radius 2 is 2.23 bits per heavy atom. The van der Waals surface area contributed by atoms with E-state index < -0.39 is 0 Å². The fraction of sp³-hybridized carbons (Fsp3) is 0.444. The zero-order valence-electron chi connectivity index (χ0n) is 7.85. The average molecular weight is 246 g/mol. The van der Waals surface area contributed by atoms with Crippen LogP contribution < -0.4 is 0 Å². The lowest BCUT2D eigenvalue weighted by Gasteiger charge is -2.06. The summed E-state index contributed by atoms with van der Waals surface area (Å²) >= 11 is 3.38. The molecule has 0 aliphatic heterocycles. The van der Waals surface area contributed by atoms with Gasteiger partial charge in [0.1, 0.15) is 5.69 Å². The van der Waals surface area contributed by atoms with Crippen molar-refractivity contribution in [2.24, 2.45) is 0 Å². The van der Waals surface area contributed by atoms with Gasteiger partial charge in [0.15, 0.2) is 0 Å². The van der Waals surface area contributed by atoms with E-state index in [2.05, 4.69) is 25.7 Å². The van der Waals surface area contributed by atoms with Crippen molar-refractivity contribution in [3.63, 3.8) is 0 Å². The second-order valence-electron chi connectivity index (χ2n) is 3.07. The molecule has 0 fully saturated rings. The van der Waals surface area contributed by atoms with Crippen LogP contribution in [0.2, 0.25) is 0 Å². The fourth-order valence-corrected chi connectivity index (χ4v) is 2.02. The number of H-pyrrole nitrogens is 1. The molecule has 0 radical (unpaired) electrons. The van der Waals surface area contributed by atoms with E-state index in [0.717, 1.165) is 10.0 Å². The lowest BCUT2D eigenvalue weighted by molar-refractivity contribution is 0.0593. The van der Waals surface area contributed by atoms with Gasteiger partial charge in [-0.1, -0.05) is 13.8 Å². The number of hydrogen-bond donors (Lipinski definition) is 1. The summed E-state index contributed by atoms with van der Waals surface area (Å²) in [7, 11) is 1.38. The quantitative estimate of drug-likeness (QED) is 0.815. The van der Waals surface area contributed by atoms with Gasteiger partial charge < -0.3 is 9.72 Å². The molecule has 0 saturated carbocycles. The molecule has 1 rings (SSSR count). The number of halogens is 1. The van der Waals surface area contributed by atoms with E-state index in [4.69, 9.17) is 0 Å². The van der Waals surface area contributed by atoms with Crippen LogP contribution in [0, 0.1) is 0 Å². The predicted molar refractivity (Wildman–Crippen MR) is 53.9 cm³/mol. The first kappa shape index (κ1) is 10.3. The first-order valence-electron chi connectivity index (χ1n) is 4.03. The average Bonchev–Trinajstić information content (AvgIpc) is 2.45. The van der Waals surface area contributed by atoms with Gasteiger partial charge in [0.05, 0.1) is 7.11 Å². The van der Waals surface area contributed by atoms with Crippen molar-refractivity contribution in [1.29, 1.82) is 0 Å². The maximum Gasteiger partial charge on any atom is 0.354 e. The Balaban J connectivity index is 3.15. The highest BCUT2D eigenvalue weighted by atomic mass is 79.9. The number of ether oxygens (including phenoxy) is 1. The van der Waals surface area contributed by atoms with Gasteiger partial charge in [0, 0.05) is 16.2 Å². The number of nitrogens with one attached hydrogen (secondary N) is 1. The van der Waals surface area contributed by atoms with Crippen molar-refractivity contribution >= 4 is 21.9 Å². The van der Waals surface area contributed by atoms with E-state index in [9.17, 15) is 4.79 Å². The number of esters is 1. The molecule has 1 aromatic heterocycles. The Labute approximate surface area is 85.6 Å². The van der Waals surface area contributed by atoms with Crippen LogP contribution in [0.3, 0.4) is 0 Å². The van der Waals surface area contributed by atoms with Crippen LogP contribution in [0.15, 0.2) is 10.7 Å². The molecule has 0 aliphatic rings. The van der Waals surface area contributed by atoms with Crippen molar-refractivity contribution in [3.05, 3.63) is 21.9 Å². The third kappa shape index (κ3) is 1.94. The molecule has 0 spiro atoms. The lowest BCUT2D eigenvalue weighted by Crippen LogP contribution is -2.06. The van der Waals surface area contributed by atoms with Crippen molar-refractivity contribution in [3.8, 4) is 0 Å². The number of aromatic nitrogens is 1. The zero-order valence-corrected chi connectivity index (χ0v) is 9.44. The van der Waals surface area contributed by atoms with Gasteiger partial charge in [-0.05, 0) is 21.8 Å². The predicted octanol–water partition coefficient (Wildman–Crippen LogP) is 2.69. The molecule has 0 unspecified atom stereocenters. The summed E-state index contributed by atoms with van der Waals surface area (Å²) in [5.41, 5.74) is 1.50. The van der Waals surface area contributed by atoms with Crippen LogP contribution in [0.1, 0.15) is 35.8 Å². The minimum absolute atomic E-state index is 0.287. The molecule has 0 saturated heterocycles. The van der Waals surface area contributed by atoms with E-state index in [1.165, 1.54) is 7.11 Å². The summed E-state index contributed by atoms with van der Waals surface area (Å²) in [6, 6.07) is 0. The van der Waals surface area contributed by atoms with Crippen LogP contribution in [0.4, 0.5) is 0 Å². The van der Waals surface area contributed by atoms with Gasteiger partial charge in [-0.3, -0.25) is 0 Å². The molecule has 13 heavy (non-hydrogen) atoms. The number of carbonyl (C=O) groups is 1. The molecule has 72 valence electrons. The maximum absolute atomic E-state index is 11.3. The van der Waals surface area contributed by atoms with Crippen molar-refractivity contribution < 1.29 is 9.53 Å². The molecule has 0 aromatic carbocycles. The largest absolute Gasteiger partial charge is 0.464 e. The summed E-state index contributed by atoms with van der Waals surface area (Å²) in [5, 5.41) is 0. The molecule has 1 aromatic rings. The van der Waals surface area contributed by atoms with Gasteiger partial charge >= 0.3 is 5.97 Å². The highest BCUT2D eigenvalue weighted by molar-refractivity contribution is 9.10. The Hall–Kier alpha value is -0.770. The Morgan fingerprint density at radius 3 is 2.69 bits per heavy atom. The van der Waals surface area contributed by atoms with Crippen molar-refractivity contribution in [1.82, 2.24) is 4.98 Å². The summed E-state index contributed by atoms with van der Waals surface area (Å²) in [6.45, 7) is 4.06. The molecular formula is C9H12BrNO2. The van der Waals surface area contributed by atoms with Crippen LogP contribution in [0.25, 0.3) is 0 Å². The molecule has 0 atom stereocenters. The summed E-state index contributed by atoms with van der Waals surface area (Å²) < 4.78 is 5.57. The van der Waals surface area contributed by atoms with Gasteiger partial charge in [-0.15, -0.1) is 0 Å². The third-order valence-electron chi connectivity index (χ3n) is 1.84. The van der Waals surface area contributed by atoms with Crippen LogP contribution in [-0.2, 0) is 4.74 Å². The molecule has 0 amide bonds. The molecule has 0 bridgehead atoms. The molecule has 1 heterocycles. The summed E-state index contributed by atoms with van der Waals surface area (Å²) in [4.78, 5) is 14.2. The normalized spacial score (nSPS) is 10.5. The molecular weight excluding hydrogens is 234 g/mol. The van der Waals surface area contributed by atoms with Gasteiger partial charge in [0.2, 0.25) is 0 Å². The number of hydrogen-bond acceptors (Lipinski definition) is 2. The van der Waals surface area contributed by atoms with E-state index in [-0.39, 0.29) is 11.9 Å². The smallest absolute Gasteiger partial charge is 0.354 e. The van der Waals surface area contributed by atoms with E-state index in [1.807, 2.05) is 13.8 Å². The Morgan fingerprint density at radius 1 is 1.62 bits per heavy atom. The second-order valence-corrected chi connectivity index (χ2v) is 3.93. The minimum atomic E-state index is -0.325.